The zero-order chi connectivity index (χ0) is 20.2. The standard InChI is InChI=1S/C22H32N4O2/c1-5-23-22(26-16-19-17(4)9-8-13-24-19)25-14-12-18-10-11-20(27-6-2)21(15-18)28-7-3/h8-11,13,15H,5-7,12,14,16H2,1-4H3,(H2,23,25,26). The summed E-state index contributed by atoms with van der Waals surface area (Å²) in [4.78, 5) is 9.05. The van der Waals surface area contributed by atoms with E-state index in [9.17, 15) is 0 Å². The van der Waals surface area contributed by atoms with Crippen molar-refractivity contribution in [3.63, 3.8) is 0 Å². The number of hydrogen-bond acceptors (Lipinski definition) is 4. The van der Waals surface area contributed by atoms with Gasteiger partial charge in [-0.05, 0) is 63.4 Å². The lowest BCUT2D eigenvalue weighted by atomic mass is 10.1. The fraction of sp³-hybridized carbons (Fsp3) is 0.455. The minimum Gasteiger partial charge on any atom is -0.490 e. The molecular formula is C22H32N4O2. The second kappa shape index (κ2) is 11.8. The van der Waals surface area contributed by atoms with Crippen molar-refractivity contribution in [3.8, 4) is 11.5 Å². The molecule has 0 aliphatic heterocycles. The van der Waals surface area contributed by atoms with Crippen LogP contribution in [0.4, 0.5) is 0 Å². The van der Waals surface area contributed by atoms with Crippen LogP contribution in [-0.2, 0) is 13.0 Å². The Morgan fingerprint density at radius 1 is 1.04 bits per heavy atom. The Morgan fingerprint density at radius 2 is 1.82 bits per heavy atom. The van der Waals surface area contributed by atoms with Crippen molar-refractivity contribution in [1.29, 1.82) is 0 Å². The van der Waals surface area contributed by atoms with Crippen molar-refractivity contribution in [3.05, 3.63) is 53.3 Å². The lowest BCUT2D eigenvalue weighted by Crippen LogP contribution is -2.38. The normalized spacial score (nSPS) is 11.2. The van der Waals surface area contributed by atoms with E-state index < -0.39 is 0 Å². The summed E-state index contributed by atoms with van der Waals surface area (Å²) in [5, 5.41) is 6.67. The summed E-state index contributed by atoms with van der Waals surface area (Å²) < 4.78 is 11.3. The van der Waals surface area contributed by atoms with E-state index >= 15 is 0 Å². The molecule has 0 unspecified atom stereocenters. The maximum atomic E-state index is 5.71. The third-order valence-electron chi connectivity index (χ3n) is 4.16. The molecule has 1 aromatic carbocycles. The number of rotatable bonds is 10. The van der Waals surface area contributed by atoms with Gasteiger partial charge < -0.3 is 20.1 Å². The molecule has 0 amide bonds. The second-order valence-corrected chi connectivity index (χ2v) is 6.29. The van der Waals surface area contributed by atoms with E-state index in [0.717, 1.165) is 48.2 Å². The molecule has 0 saturated carbocycles. The fourth-order valence-electron chi connectivity index (χ4n) is 2.76. The van der Waals surface area contributed by atoms with Gasteiger partial charge in [0.2, 0.25) is 0 Å². The molecule has 0 aliphatic rings. The average Bonchev–Trinajstić information content (AvgIpc) is 2.69. The van der Waals surface area contributed by atoms with Gasteiger partial charge in [-0.1, -0.05) is 12.1 Å². The SMILES string of the molecule is CCNC(=NCc1ncccc1C)NCCc1ccc(OCC)c(OCC)c1. The highest BCUT2D eigenvalue weighted by Crippen LogP contribution is 2.28. The molecule has 6 heteroatoms. The molecule has 0 saturated heterocycles. The monoisotopic (exact) mass is 384 g/mol. The Morgan fingerprint density at radius 3 is 2.54 bits per heavy atom. The predicted octanol–water partition coefficient (Wildman–Crippen LogP) is 3.49. The van der Waals surface area contributed by atoms with E-state index in [1.165, 1.54) is 5.56 Å². The molecule has 152 valence electrons. The molecule has 1 aromatic heterocycles. The molecule has 2 aromatic rings. The molecular weight excluding hydrogens is 352 g/mol. The zero-order valence-electron chi connectivity index (χ0n) is 17.4. The number of pyridine rings is 1. The topological polar surface area (TPSA) is 67.8 Å². The first-order valence-electron chi connectivity index (χ1n) is 9.99. The number of aliphatic imine (C=N–C) groups is 1. The van der Waals surface area contributed by atoms with Crippen LogP contribution in [-0.4, -0.2) is 37.2 Å². The average molecular weight is 385 g/mol. The van der Waals surface area contributed by atoms with Crippen LogP contribution in [0, 0.1) is 6.92 Å². The summed E-state index contributed by atoms with van der Waals surface area (Å²) in [6.07, 6.45) is 2.67. The first kappa shape index (κ1) is 21.5. The van der Waals surface area contributed by atoms with Crippen molar-refractivity contribution in [2.24, 2.45) is 4.99 Å². The number of nitrogens with zero attached hydrogens (tertiary/aromatic N) is 2. The van der Waals surface area contributed by atoms with Crippen molar-refractivity contribution in [1.82, 2.24) is 15.6 Å². The molecule has 0 bridgehead atoms. The van der Waals surface area contributed by atoms with E-state index in [1.807, 2.05) is 26.0 Å². The van der Waals surface area contributed by atoms with Gasteiger partial charge in [-0.2, -0.15) is 0 Å². The Labute approximate surface area is 168 Å². The predicted molar refractivity (Wildman–Crippen MR) is 114 cm³/mol. The van der Waals surface area contributed by atoms with E-state index in [1.54, 1.807) is 6.20 Å². The minimum atomic E-state index is 0.555. The molecule has 0 radical (unpaired) electrons. The van der Waals surface area contributed by atoms with Gasteiger partial charge in [0.1, 0.15) is 0 Å². The molecule has 0 fully saturated rings. The maximum absolute atomic E-state index is 5.71. The number of aromatic nitrogens is 1. The number of nitrogens with one attached hydrogen (secondary N) is 2. The zero-order valence-corrected chi connectivity index (χ0v) is 17.4. The van der Waals surface area contributed by atoms with Crippen LogP contribution in [0.1, 0.15) is 37.6 Å². The number of aryl methyl sites for hydroxylation is 1. The van der Waals surface area contributed by atoms with Crippen LogP contribution in [0.2, 0.25) is 0 Å². The Hall–Kier alpha value is -2.76. The minimum absolute atomic E-state index is 0.555. The number of guanidine groups is 1. The van der Waals surface area contributed by atoms with Crippen molar-refractivity contribution in [2.45, 2.75) is 40.7 Å². The van der Waals surface area contributed by atoms with Crippen molar-refractivity contribution >= 4 is 5.96 Å². The van der Waals surface area contributed by atoms with Crippen LogP contribution in [0.15, 0.2) is 41.5 Å². The lowest BCUT2D eigenvalue weighted by molar-refractivity contribution is 0.287. The van der Waals surface area contributed by atoms with E-state index in [0.29, 0.717) is 19.8 Å². The third kappa shape index (κ3) is 6.76. The van der Waals surface area contributed by atoms with Crippen LogP contribution in [0.5, 0.6) is 11.5 Å². The summed E-state index contributed by atoms with van der Waals surface area (Å²) >= 11 is 0. The van der Waals surface area contributed by atoms with Gasteiger partial charge in [0.25, 0.3) is 0 Å². The van der Waals surface area contributed by atoms with Gasteiger partial charge in [-0.15, -0.1) is 0 Å². The molecule has 2 rings (SSSR count). The number of benzene rings is 1. The highest BCUT2D eigenvalue weighted by atomic mass is 16.5. The number of hydrogen-bond donors (Lipinski definition) is 2. The van der Waals surface area contributed by atoms with E-state index in [2.05, 4.69) is 52.7 Å². The fourth-order valence-corrected chi connectivity index (χ4v) is 2.76. The van der Waals surface area contributed by atoms with Gasteiger partial charge in [0.05, 0.1) is 25.5 Å². The molecule has 1 heterocycles. The molecule has 0 atom stereocenters. The quantitative estimate of drug-likeness (QED) is 0.485. The molecule has 0 aliphatic carbocycles. The summed E-state index contributed by atoms with van der Waals surface area (Å²) in [6.45, 7) is 11.4. The molecule has 0 spiro atoms. The van der Waals surface area contributed by atoms with Gasteiger partial charge in [-0.25, -0.2) is 4.99 Å². The van der Waals surface area contributed by atoms with Crippen LogP contribution >= 0.6 is 0 Å². The first-order chi connectivity index (χ1) is 13.7. The Bertz CT molecular complexity index is 762. The molecule has 2 N–H and O–H groups in total. The second-order valence-electron chi connectivity index (χ2n) is 6.29. The third-order valence-corrected chi connectivity index (χ3v) is 4.16. The van der Waals surface area contributed by atoms with Gasteiger partial charge in [0.15, 0.2) is 17.5 Å². The lowest BCUT2D eigenvalue weighted by Gasteiger charge is -2.14. The van der Waals surface area contributed by atoms with Crippen LogP contribution in [0.25, 0.3) is 0 Å². The summed E-state index contributed by atoms with van der Waals surface area (Å²) in [5.74, 6) is 2.39. The van der Waals surface area contributed by atoms with Gasteiger partial charge in [0, 0.05) is 19.3 Å². The van der Waals surface area contributed by atoms with Crippen LogP contribution in [0.3, 0.4) is 0 Å². The van der Waals surface area contributed by atoms with Crippen molar-refractivity contribution in [2.75, 3.05) is 26.3 Å². The summed E-state index contributed by atoms with van der Waals surface area (Å²) in [6, 6.07) is 10.1. The van der Waals surface area contributed by atoms with Crippen LogP contribution < -0.4 is 20.1 Å². The number of ether oxygens (including phenoxy) is 2. The van der Waals surface area contributed by atoms with E-state index in [4.69, 9.17) is 9.47 Å². The smallest absolute Gasteiger partial charge is 0.191 e. The van der Waals surface area contributed by atoms with Gasteiger partial charge in [-0.3, -0.25) is 4.98 Å². The molecule has 6 nitrogen and oxygen atoms in total. The Balaban J connectivity index is 1.95. The summed E-state index contributed by atoms with van der Waals surface area (Å²) in [5.41, 5.74) is 3.34. The highest BCUT2D eigenvalue weighted by Gasteiger charge is 2.07. The summed E-state index contributed by atoms with van der Waals surface area (Å²) in [7, 11) is 0. The Kier molecular flexibility index (Phi) is 9.11. The van der Waals surface area contributed by atoms with Crippen molar-refractivity contribution < 1.29 is 9.47 Å². The van der Waals surface area contributed by atoms with E-state index in [-0.39, 0.29) is 0 Å². The molecule has 28 heavy (non-hydrogen) atoms. The maximum Gasteiger partial charge on any atom is 0.191 e. The largest absolute Gasteiger partial charge is 0.490 e. The highest BCUT2D eigenvalue weighted by molar-refractivity contribution is 5.79. The van der Waals surface area contributed by atoms with Gasteiger partial charge >= 0.3 is 0 Å². The first-order valence-corrected chi connectivity index (χ1v) is 9.99.